The van der Waals surface area contributed by atoms with Crippen molar-refractivity contribution in [3.8, 4) is 5.00 Å². The Hall–Kier alpha value is -2.65. The number of fused-ring (bicyclic) bond motifs is 5. The van der Waals surface area contributed by atoms with Crippen molar-refractivity contribution in [1.29, 1.82) is 0 Å². The number of carbonyl (C=O) groups is 1. The summed E-state index contributed by atoms with van der Waals surface area (Å²) >= 11 is 8.31. The average molecular weight is 530 g/mol. The maximum atomic E-state index is 13.7. The van der Waals surface area contributed by atoms with E-state index in [9.17, 15) is 13.6 Å². The van der Waals surface area contributed by atoms with Crippen molar-refractivity contribution in [2.45, 2.75) is 57.9 Å². The summed E-state index contributed by atoms with van der Waals surface area (Å²) in [5, 5.41) is 10.4. The van der Waals surface area contributed by atoms with Crippen molar-refractivity contribution in [2.75, 3.05) is 13.1 Å². The van der Waals surface area contributed by atoms with Gasteiger partial charge in [0.1, 0.15) is 16.4 Å². The molecular weight excluding hydrogens is 504 g/mol. The summed E-state index contributed by atoms with van der Waals surface area (Å²) in [7, 11) is 0. The Morgan fingerprint density at radius 3 is 2.58 bits per heavy atom. The molecule has 2 aliphatic heterocycles. The number of alkyl halides is 2. The van der Waals surface area contributed by atoms with Gasteiger partial charge in [-0.1, -0.05) is 29.8 Å². The predicted molar refractivity (Wildman–Crippen MR) is 136 cm³/mol. The van der Waals surface area contributed by atoms with Gasteiger partial charge in [0.25, 0.3) is 5.92 Å². The topological polar surface area (TPSA) is 63.4 Å². The number of rotatable bonds is 2. The number of amides is 1. The second-order valence-corrected chi connectivity index (χ2v) is 11.9. The molecule has 4 heterocycles. The molecule has 1 amide bonds. The molecule has 1 saturated heterocycles. The first-order valence-electron chi connectivity index (χ1n) is 12.1. The van der Waals surface area contributed by atoms with Gasteiger partial charge in [-0.2, -0.15) is 0 Å². The zero-order valence-electron chi connectivity index (χ0n) is 20.3. The van der Waals surface area contributed by atoms with Gasteiger partial charge in [0.15, 0.2) is 5.82 Å². The Balaban J connectivity index is 1.45. The maximum absolute atomic E-state index is 13.7. The van der Waals surface area contributed by atoms with Crippen LogP contribution in [-0.2, 0) is 23.2 Å². The lowest BCUT2D eigenvalue weighted by Crippen LogP contribution is -2.45. The van der Waals surface area contributed by atoms with Gasteiger partial charge < -0.3 is 4.90 Å². The Morgan fingerprint density at radius 1 is 1.14 bits per heavy atom. The minimum atomic E-state index is -2.68. The minimum Gasteiger partial charge on any atom is -0.342 e. The molecule has 6 rings (SSSR count). The highest BCUT2D eigenvalue weighted by Crippen LogP contribution is 2.46. The van der Waals surface area contributed by atoms with E-state index in [0.717, 1.165) is 43.9 Å². The predicted octanol–water partition coefficient (Wildman–Crippen LogP) is 5.35. The second kappa shape index (κ2) is 8.18. The van der Waals surface area contributed by atoms with E-state index in [0.29, 0.717) is 17.9 Å². The van der Waals surface area contributed by atoms with Gasteiger partial charge in [-0.3, -0.25) is 14.4 Å². The van der Waals surface area contributed by atoms with Crippen molar-refractivity contribution in [1.82, 2.24) is 19.7 Å². The average Bonchev–Trinajstić information content (AvgIpc) is 3.48. The van der Waals surface area contributed by atoms with Crippen LogP contribution in [0.1, 0.15) is 59.9 Å². The Kier molecular flexibility index (Phi) is 5.39. The lowest BCUT2D eigenvalue weighted by atomic mass is 9.96. The highest BCUT2D eigenvalue weighted by Gasteiger charge is 2.43. The van der Waals surface area contributed by atoms with Crippen LogP contribution in [0, 0.1) is 12.8 Å². The van der Waals surface area contributed by atoms with E-state index in [4.69, 9.17) is 16.6 Å². The molecule has 0 saturated carbocycles. The molecule has 3 aromatic rings. The van der Waals surface area contributed by atoms with Crippen LogP contribution in [0.25, 0.3) is 5.00 Å². The van der Waals surface area contributed by atoms with Gasteiger partial charge in [0.2, 0.25) is 5.91 Å². The summed E-state index contributed by atoms with van der Waals surface area (Å²) < 4.78 is 29.4. The van der Waals surface area contributed by atoms with Crippen molar-refractivity contribution in [3.63, 3.8) is 0 Å². The van der Waals surface area contributed by atoms with Crippen molar-refractivity contribution < 1.29 is 13.6 Å². The fraction of sp³-hybridized carbons (Fsp3) is 0.462. The normalized spacial score (nSPS) is 21.9. The molecular formula is C26H26ClF2N5OS. The van der Waals surface area contributed by atoms with Crippen LogP contribution in [0.15, 0.2) is 29.3 Å². The number of nitrogens with zero attached hydrogens (tertiary/aromatic N) is 5. The molecule has 3 aliphatic rings. The maximum Gasteiger partial charge on any atom is 0.251 e. The van der Waals surface area contributed by atoms with Crippen LogP contribution in [0.4, 0.5) is 8.78 Å². The van der Waals surface area contributed by atoms with Gasteiger partial charge >= 0.3 is 0 Å². The highest BCUT2D eigenvalue weighted by molar-refractivity contribution is 7.15. The number of halogens is 3. The van der Waals surface area contributed by atoms with Gasteiger partial charge in [0.05, 0.1) is 5.71 Å². The van der Waals surface area contributed by atoms with Gasteiger partial charge in [0, 0.05) is 52.9 Å². The van der Waals surface area contributed by atoms with Crippen molar-refractivity contribution >= 4 is 34.6 Å². The number of aromatic nitrogens is 3. The zero-order chi connectivity index (χ0) is 25.4. The zero-order valence-corrected chi connectivity index (χ0v) is 21.9. The summed E-state index contributed by atoms with van der Waals surface area (Å²) in [6.45, 7) is 6.17. The van der Waals surface area contributed by atoms with Crippen molar-refractivity contribution in [2.24, 2.45) is 10.9 Å². The SMILES string of the molecule is Cc1nnc2n1-c1sc3c(c1C(c1ccccc1Cl)=NC2(C)C)C[C@H](C(=O)N1CCC(F)(F)CC1)C3. The van der Waals surface area contributed by atoms with E-state index < -0.39 is 11.5 Å². The number of thiophene rings is 1. The first-order valence-corrected chi connectivity index (χ1v) is 13.3. The van der Waals surface area contributed by atoms with Gasteiger partial charge in [-0.15, -0.1) is 21.5 Å². The van der Waals surface area contributed by atoms with Crippen LogP contribution in [0.5, 0.6) is 0 Å². The second-order valence-electron chi connectivity index (χ2n) is 10.4. The first kappa shape index (κ1) is 23.7. The largest absolute Gasteiger partial charge is 0.342 e. The minimum absolute atomic E-state index is 0.0333. The van der Waals surface area contributed by atoms with Crippen LogP contribution in [0.3, 0.4) is 0 Å². The van der Waals surface area contributed by atoms with E-state index in [-0.39, 0.29) is 37.8 Å². The monoisotopic (exact) mass is 529 g/mol. The van der Waals surface area contributed by atoms with E-state index in [1.807, 2.05) is 45.0 Å². The molecule has 188 valence electrons. The number of benzene rings is 1. The molecule has 1 atom stereocenters. The molecule has 0 bridgehead atoms. The molecule has 2 aromatic heterocycles. The molecule has 0 spiro atoms. The Bertz CT molecular complexity index is 1420. The lowest BCUT2D eigenvalue weighted by molar-refractivity contribution is -0.141. The number of hydrogen-bond acceptors (Lipinski definition) is 5. The molecule has 1 aromatic carbocycles. The molecule has 0 unspecified atom stereocenters. The summed E-state index contributed by atoms with van der Waals surface area (Å²) in [5.41, 5.74) is 3.02. The number of likely N-dealkylation sites (tertiary alicyclic amines) is 1. The Morgan fingerprint density at radius 2 is 1.86 bits per heavy atom. The molecule has 6 nitrogen and oxygen atoms in total. The lowest BCUT2D eigenvalue weighted by Gasteiger charge is -2.33. The summed E-state index contributed by atoms with van der Waals surface area (Å²) in [6, 6.07) is 7.66. The number of carbonyl (C=O) groups excluding carboxylic acids is 1. The van der Waals surface area contributed by atoms with Crippen LogP contribution >= 0.6 is 22.9 Å². The quantitative estimate of drug-likeness (QED) is 0.449. The number of aryl methyl sites for hydroxylation is 1. The highest BCUT2D eigenvalue weighted by atomic mass is 35.5. The molecule has 10 heteroatoms. The number of aliphatic imine (C=N–C) groups is 1. The van der Waals surface area contributed by atoms with Crippen LogP contribution < -0.4 is 0 Å². The molecule has 1 fully saturated rings. The molecule has 0 radical (unpaired) electrons. The number of piperidine rings is 1. The first-order chi connectivity index (χ1) is 17.1. The molecule has 1 aliphatic carbocycles. The fourth-order valence-electron chi connectivity index (χ4n) is 5.54. The van der Waals surface area contributed by atoms with E-state index in [1.165, 1.54) is 0 Å². The van der Waals surface area contributed by atoms with E-state index >= 15 is 0 Å². The Labute approximate surface area is 217 Å². The van der Waals surface area contributed by atoms with Crippen molar-refractivity contribution in [3.05, 3.63) is 62.5 Å². The van der Waals surface area contributed by atoms with Gasteiger partial charge in [-0.25, -0.2) is 8.78 Å². The molecule has 36 heavy (non-hydrogen) atoms. The van der Waals surface area contributed by atoms with Crippen LogP contribution in [0.2, 0.25) is 5.02 Å². The van der Waals surface area contributed by atoms with E-state index in [1.54, 1.807) is 16.2 Å². The number of hydrogen-bond donors (Lipinski definition) is 0. The standard InChI is InChI=1S/C26H26ClF2N5OS/c1-14-31-32-24-25(2,3)30-21(16-6-4-5-7-18(16)27)20-17-12-15(13-19(17)36-23(20)34(14)24)22(35)33-10-8-26(28,29)9-11-33/h4-7,15H,8-13H2,1-3H3/t15-/m0/s1. The third kappa shape index (κ3) is 3.70. The third-order valence-corrected chi connectivity index (χ3v) is 9.01. The summed E-state index contributed by atoms with van der Waals surface area (Å²) in [4.78, 5) is 21.3. The summed E-state index contributed by atoms with van der Waals surface area (Å²) in [6.07, 6.45) is 0.606. The summed E-state index contributed by atoms with van der Waals surface area (Å²) in [5.74, 6) is -1.44. The fourth-order valence-corrected chi connectivity index (χ4v) is 7.23. The van der Waals surface area contributed by atoms with E-state index in [2.05, 4.69) is 14.8 Å². The smallest absolute Gasteiger partial charge is 0.251 e. The van der Waals surface area contributed by atoms with Crippen LogP contribution in [-0.4, -0.2) is 50.3 Å². The third-order valence-electron chi connectivity index (χ3n) is 7.44. The van der Waals surface area contributed by atoms with Gasteiger partial charge in [-0.05, 0) is 45.2 Å². The molecule has 0 N–H and O–H groups in total.